The number of aromatic amines is 1. The summed E-state index contributed by atoms with van der Waals surface area (Å²) < 4.78 is 1.40. The molecule has 1 fully saturated rings. The van der Waals surface area contributed by atoms with Crippen molar-refractivity contribution in [1.29, 1.82) is 0 Å². The second-order valence-corrected chi connectivity index (χ2v) is 7.74. The van der Waals surface area contributed by atoms with Gasteiger partial charge in [-0.1, -0.05) is 24.3 Å². The van der Waals surface area contributed by atoms with E-state index < -0.39 is 0 Å². The minimum Gasteiger partial charge on any atom is -0.297 e. The first-order chi connectivity index (χ1) is 13.1. The summed E-state index contributed by atoms with van der Waals surface area (Å²) in [4.78, 5) is 23.5. The van der Waals surface area contributed by atoms with E-state index in [1.807, 2.05) is 6.92 Å². The van der Waals surface area contributed by atoms with E-state index in [0.29, 0.717) is 17.5 Å². The summed E-state index contributed by atoms with van der Waals surface area (Å²) in [6.07, 6.45) is 4.86. The third kappa shape index (κ3) is 4.11. The number of fused-ring (bicyclic) bond motifs is 1. The molecule has 0 saturated carbocycles. The summed E-state index contributed by atoms with van der Waals surface area (Å²) in [5.41, 5.74) is 3.57. The number of piperidine rings is 1. The van der Waals surface area contributed by atoms with Crippen LogP contribution in [0.5, 0.6) is 0 Å². The molecule has 6 heteroatoms. The summed E-state index contributed by atoms with van der Waals surface area (Å²) in [6.45, 7) is 6.89. The molecule has 1 aliphatic heterocycles. The highest BCUT2D eigenvalue weighted by molar-refractivity contribution is 5.28. The Kier molecular flexibility index (Phi) is 5.07. The molecule has 0 radical (unpaired) electrons. The van der Waals surface area contributed by atoms with Gasteiger partial charge in [0.15, 0.2) is 0 Å². The molecule has 0 amide bonds. The minimum atomic E-state index is -0.0938. The fourth-order valence-corrected chi connectivity index (χ4v) is 4.12. The molecule has 1 N–H and O–H groups in total. The fourth-order valence-electron chi connectivity index (χ4n) is 4.12. The Morgan fingerprint density at radius 3 is 2.93 bits per heavy atom. The lowest BCUT2D eigenvalue weighted by Gasteiger charge is -2.32. The average molecular weight is 365 g/mol. The standard InChI is InChI=1S/C21H27N5O/c1-15-6-3-4-8-18(15)10-9-17-7-5-11-25(13-17)14-19-12-20(27)26-21(23-19)22-16(2)24-26/h3-4,6,8,12,17H,5,7,9-11,13-14H2,1-2H3,(H,22,23,24)/t17-/m0/s1. The smallest absolute Gasteiger partial charge is 0.274 e. The van der Waals surface area contributed by atoms with E-state index >= 15 is 0 Å². The van der Waals surface area contributed by atoms with Crippen molar-refractivity contribution in [3.63, 3.8) is 0 Å². The van der Waals surface area contributed by atoms with Gasteiger partial charge < -0.3 is 0 Å². The molecule has 3 heterocycles. The Bertz CT molecular complexity index is 990. The van der Waals surface area contributed by atoms with Crippen LogP contribution in [0.1, 0.15) is 41.9 Å². The molecular weight excluding hydrogens is 338 g/mol. The monoisotopic (exact) mass is 365 g/mol. The number of nitrogens with one attached hydrogen (secondary N) is 1. The van der Waals surface area contributed by atoms with Crippen molar-refractivity contribution in [2.24, 2.45) is 5.92 Å². The van der Waals surface area contributed by atoms with E-state index in [-0.39, 0.29) is 5.56 Å². The first kappa shape index (κ1) is 17.9. The topological polar surface area (TPSA) is 66.3 Å². The van der Waals surface area contributed by atoms with Gasteiger partial charge in [0.1, 0.15) is 5.82 Å². The van der Waals surface area contributed by atoms with E-state index in [1.165, 1.54) is 34.9 Å². The Balaban J connectivity index is 1.40. The van der Waals surface area contributed by atoms with Gasteiger partial charge in [-0.15, -0.1) is 0 Å². The normalized spacial score (nSPS) is 18.2. The molecule has 2 aromatic heterocycles. The number of nitrogens with zero attached hydrogens (tertiary/aromatic N) is 4. The predicted molar refractivity (Wildman–Crippen MR) is 106 cm³/mol. The zero-order valence-corrected chi connectivity index (χ0v) is 16.1. The fraction of sp³-hybridized carbons (Fsp3) is 0.476. The third-order valence-corrected chi connectivity index (χ3v) is 5.57. The molecule has 1 saturated heterocycles. The minimum absolute atomic E-state index is 0.0938. The first-order valence-corrected chi connectivity index (χ1v) is 9.80. The lowest BCUT2D eigenvalue weighted by Crippen LogP contribution is -2.35. The van der Waals surface area contributed by atoms with Crippen LogP contribution in [-0.2, 0) is 13.0 Å². The van der Waals surface area contributed by atoms with Crippen molar-refractivity contribution in [3.05, 3.63) is 63.3 Å². The van der Waals surface area contributed by atoms with Crippen LogP contribution in [0.25, 0.3) is 5.78 Å². The number of benzene rings is 1. The lowest BCUT2D eigenvalue weighted by atomic mass is 9.90. The highest BCUT2D eigenvalue weighted by Crippen LogP contribution is 2.23. The van der Waals surface area contributed by atoms with Gasteiger partial charge in [0.25, 0.3) is 11.3 Å². The number of H-pyrrole nitrogens is 1. The maximum absolute atomic E-state index is 12.2. The number of aromatic nitrogens is 4. The van der Waals surface area contributed by atoms with E-state index in [0.717, 1.165) is 31.7 Å². The lowest BCUT2D eigenvalue weighted by molar-refractivity contribution is 0.160. The number of rotatable bonds is 5. The summed E-state index contributed by atoms with van der Waals surface area (Å²) in [7, 11) is 0. The molecule has 0 bridgehead atoms. The van der Waals surface area contributed by atoms with Crippen molar-refractivity contribution in [2.75, 3.05) is 13.1 Å². The molecule has 142 valence electrons. The highest BCUT2D eigenvalue weighted by atomic mass is 16.1. The Morgan fingerprint density at radius 1 is 1.22 bits per heavy atom. The van der Waals surface area contributed by atoms with Crippen LogP contribution in [0.15, 0.2) is 35.1 Å². The Hall–Kier alpha value is -2.47. The molecule has 0 unspecified atom stereocenters. The van der Waals surface area contributed by atoms with Crippen LogP contribution in [-0.4, -0.2) is 37.6 Å². The zero-order chi connectivity index (χ0) is 18.8. The summed E-state index contributed by atoms with van der Waals surface area (Å²) >= 11 is 0. The Morgan fingerprint density at radius 2 is 2.07 bits per heavy atom. The van der Waals surface area contributed by atoms with Gasteiger partial charge in [-0.3, -0.25) is 14.8 Å². The second kappa shape index (κ2) is 7.64. The predicted octanol–water partition coefficient (Wildman–Crippen LogP) is 2.88. The van der Waals surface area contributed by atoms with E-state index in [2.05, 4.69) is 51.2 Å². The maximum atomic E-state index is 12.2. The second-order valence-electron chi connectivity index (χ2n) is 7.74. The molecular formula is C21H27N5O. The quantitative estimate of drug-likeness (QED) is 0.755. The number of likely N-dealkylation sites (tertiary alicyclic amines) is 1. The van der Waals surface area contributed by atoms with Crippen LogP contribution >= 0.6 is 0 Å². The van der Waals surface area contributed by atoms with Gasteiger partial charge in [0.05, 0.1) is 5.69 Å². The van der Waals surface area contributed by atoms with Crippen LogP contribution < -0.4 is 5.56 Å². The van der Waals surface area contributed by atoms with Crippen molar-refractivity contribution in [2.45, 2.75) is 46.1 Å². The molecule has 6 nitrogen and oxygen atoms in total. The summed E-state index contributed by atoms with van der Waals surface area (Å²) in [5.74, 6) is 1.87. The van der Waals surface area contributed by atoms with Crippen LogP contribution in [0, 0.1) is 19.8 Å². The molecule has 1 atom stereocenters. The molecule has 3 aromatic rings. The molecule has 1 aromatic carbocycles. The van der Waals surface area contributed by atoms with Gasteiger partial charge in [0, 0.05) is 19.2 Å². The van der Waals surface area contributed by atoms with Crippen molar-refractivity contribution in [3.8, 4) is 0 Å². The molecule has 27 heavy (non-hydrogen) atoms. The number of aryl methyl sites for hydroxylation is 3. The van der Waals surface area contributed by atoms with Crippen molar-refractivity contribution < 1.29 is 0 Å². The van der Waals surface area contributed by atoms with Gasteiger partial charge in [-0.25, -0.2) is 4.98 Å². The van der Waals surface area contributed by atoms with Crippen LogP contribution in [0.3, 0.4) is 0 Å². The summed E-state index contributed by atoms with van der Waals surface area (Å²) in [5, 5.41) is 2.92. The third-order valence-electron chi connectivity index (χ3n) is 5.57. The summed E-state index contributed by atoms with van der Waals surface area (Å²) in [6, 6.07) is 10.3. The van der Waals surface area contributed by atoms with Crippen LogP contribution in [0.2, 0.25) is 0 Å². The van der Waals surface area contributed by atoms with E-state index in [4.69, 9.17) is 0 Å². The Labute approximate surface area is 159 Å². The van der Waals surface area contributed by atoms with Crippen molar-refractivity contribution >= 4 is 5.78 Å². The van der Waals surface area contributed by atoms with Gasteiger partial charge in [-0.05, 0) is 63.1 Å². The molecule has 0 aliphatic carbocycles. The SMILES string of the molecule is Cc1nc2nc(CN3CCC[C@@H](CCc4ccccc4C)C3)cc(=O)n2[nH]1. The highest BCUT2D eigenvalue weighted by Gasteiger charge is 2.21. The number of hydrogen-bond donors (Lipinski definition) is 1. The first-order valence-electron chi connectivity index (χ1n) is 9.80. The van der Waals surface area contributed by atoms with Crippen molar-refractivity contribution in [1.82, 2.24) is 24.5 Å². The van der Waals surface area contributed by atoms with Crippen LogP contribution in [0.4, 0.5) is 0 Å². The zero-order valence-electron chi connectivity index (χ0n) is 16.1. The van der Waals surface area contributed by atoms with Gasteiger partial charge >= 0.3 is 0 Å². The van der Waals surface area contributed by atoms with E-state index in [9.17, 15) is 4.79 Å². The van der Waals surface area contributed by atoms with E-state index in [1.54, 1.807) is 6.07 Å². The number of hydrogen-bond acceptors (Lipinski definition) is 4. The average Bonchev–Trinajstić information content (AvgIpc) is 3.02. The molecule has 0 spiro atoms. The molecule has 4 rings (SSSR count). The van der Waals surface area contributed by atoms with Gasteiger partial charge in [0.2, 0.25) is 0 Å². The maximum Gasteiger partial charge on any atom is 0.274 e. The van der Waals surface area contributed by atoms with Gasteiger partial charge in [-0.2, -0.15) is 9.50 Å². The largest absolute Gasteiger partial charge is 0.297 e. The molecule has 1 aliphatic rings.